The van der Waals surface area contributed by atoms with E-state index in [-0.39, 0.29) is 5.56 Å². The van der Waals surface area contributed by atoms with Crippen molar-refractivity contribution in [3.05, 3.63) is 30.1 Å². The van der Waals surface area contributed by atoms with Crippen molar-refractivity contribution in [2.75, 3.05) is 6.54 Å². The summed E-state index contributed by atoms with van der Waals surface area (Å²) in [6, 6.07) is 2.60. The molecule has 1 heterocycles. The third-order valence-corrected chi connectivity index (χ3v) is 1.81. The number of hydrogen-bond acceptors (Lipinski definition) is 2. The van der Waals surface area contributed by atoms with Gasteiger partial charge in [0.25, 0.3) is 5.91 Å². The number of amides is 1. The molecule has 0 saturated carbocycles. The molecule has 1 aromatic heterocycles. The number of rotatable bonds is 3. The maximum Gasteiger partial charge on any atom is 0.455 e. The van der Waals surface area contributed by atoms with Gasteiger partial charge in [-0.15, -0.1) is 0 Å². The zero-order chi connectivity index (χ0) is 13.1. The Morgan fingerprint density at radius 1 is 1.29 bits per heavy atom. The van der Waals surface area contributed by atoms with Gasteiger partial charge >= 0.3 is 12.1 Å². The molecule has 0 aromatic carbocycles. The molecule has 0 aliphatic carbocycles. The van der Waals surface area contributed by atoms with Crippen LogP contribution in [-0.4, -0.2) is 29.5 Å². The minimum Gasteiger partial charge on any atom is -0.346 e. The molecule has 0 aliphatic rings. The molecule has 0 bridgehead atoms. The summed E-state index contributed by atoms with van der Waals surface area (Å²) >= 11 is 0. The third-order valence-electron chi connectivity index (χ3n) is 1.81. The first-order valence-corrected chi connectivity index (χ1v) is 4.37. The van der Waals surface area contributed by atoms with Crippen molar-refractivity contribution < 1.29 is 26.7 Å². The smallest absolute Gasteiger partial charge is 0.346 e. The number of nitrogens with zero attached hydrogens (tertiary/aromatic N) is 1. The Balaban J connectivity index is 2.61. The summed E-state index contributed by atoms with van der Waals surface area (Å²) in [5, 5.41) is 1.50. The van der Waals surface area contributed by atoms with Gasteiger partial charge in [0.1, 0.15) is 0 Å². The van der Waals surface area contributed by atoms with Crippen LogP contribution in [0.4, 0.5) is 22.0 Å². The fourth-order valence-corrected chi connectivity index (χ4v) is 0.891. The van der Waals surface area contributed by atoms with Crippen LogP contribution in [0.1, 0.15) is 10.4 Å². The molecule has 0 atom stereocenters. The number of pyridine rings is 1. The Morgan fingerprint density at radius 2 is 1.94 bits per heavy atom. The zero-order valence-corrected chi connectivity index (χ0v) is 8.26. The van der Waals surface area contributed by atoms with Gasteiger partial charge in [-0.3, -0.25) is 9.78 Å². The summed E-state index contributed by atoms with van der Waals surface area (Å²) in [5.74, 6) is -5.99. The van der Waals surface area contributed by atoms with Crippen molar-refractivity contribution >= 4 is 5.91 Å². The minimum atomic E-state index is -5.69. The van der Waals surface area contributed by atoms with E-state index < -0.39 is 24.6 Å². The van der Waals surface area contributed by atoms with Crippen molar-refractivity contribution in [2.45, 2.75) is 12.1 Å². The lowest BCUT2D eigenvalue weighted by Crippen LogP contribution is -2.46. The average Bonchev–Trinajstić information content (AvgIpc) is 2.25. The minimum absolute atomic E-state index is 0.0922. The largest absolute Gasteiger partial charge is 0.455 e. The number of nitrogens with one attached hydrogen (secondary N) is 1. The standard InChI is InChI=1S/C9H7F5N2O/c10-8(11,9(12,13)14)5-16-7(17)6-2-1-3-15-4-6/h1-4H,5H2,(H,16,17). The molecule has 1 N–H and O–H groups in total. The van der Waals surface area contributed by atoms with E-state index in [1.807, 2.05) is 0 Å². The van der Waals surface area contributed by atoms with Crippen LogP contribution in [0.2, 0.25) is 0 Å². The third kappa shape index (κ3) is 3.36. The number of carbonyl (C=O) groups is 1. The van der Waals surface area contributed by atoms with Gasteiger partial charge in [0, 0.05) is 12.4 Å². The number of hydrogen-bond donors (Lipinski definition) is 1. The van der Waals surface area contributed by atoms with Crippen LogP contribution in [0.15, 0.2) is 24.5 Å². The summed E-state index contributed by atoms with van der Waals surface area (Å²) < 4.78 is 60.2. The van der Waals surface area contributed by atoms with Crippen LogP contribution < -0.4 is 5.32 Å². The molecule has 1 rings (SSSR count). The van der Waals surface area contributed by atoms with E-state index in [2.05, 4.69) is 4.98 Å². The van der Waals surface area contributed by atoms with Gasteiger partial charge in [-0.25, -0.2) is 0 Å². The molecule has 1 aromatic rings. The van der Waals surface area contributed by atoms with Gasteiger partial charge in [0.15, 0.2) is 0 Å². The Bertz CT molecular complexity index is 390. The zero-order valence-electron chi connectivity index (χ0n) is 8.26. The van der Waals surface area contributed by atoms with Crippen molar-refractivity contribution in [1.82, 2.24) is 10.3 Å². The highest BCUT2D eigenvalue weighted by Gasteiger charge is 2.57. The summed E-state index contributed by atoms with van der Waals surface area (Å²) in [4.78, 5) is 14.7. The molecule has 3 nitrogen and oxygen atoms in total. The Morgan fingerprint density at radius 3 is 2.41 bits per heavy atom. The quantitative estimate of drug-likeness (QED) is 0.838. The van der Waals surface area contributed by atoms with Crippen molar-refractivity contribution in [3.63, 3.8) is 0 Å². The fourth-order valence-electron chi connectivity index (χ4n) is 0.891. The second-order valence-corrected chi connectivity index (χ2v) is 3.13. The monoisotopic (exact) mass is 254 g/mol. The summed E-state index contributed by atoms with van der Waals surface area (Å²) in [5.41, 5.74) is -0.0922. The van der Waals surface area contributed by atoms with Gasteiger partial charge in [-0.05, 0) is 12.1 Å². The molecule has 1 amide bonds. The summed E-state index contributed by atoms with van der Waals surface area (Å²) in [6.07, 6.45) is -3.29. The number of aromatic nitrogens is 1. The predicted molar refractivity (Wildman–Crippen MR) is 47.6 cm³/mol. The lowest BCUT2D eigenvalue weighted by Gasteiger charge is -2.19. The highest BCUT2D eigenvalue weighted by molar-refractivity contribution is 5.93. The van der Waals surface area contributed by atoms with Gasteiger partial charge < -0.3 is 5.32 Å². The first kappa shape index (κ1) is 13.3. The highest BCUT2D eigenvalue weighted by Crippen LogP contribution is 2.34. The van der Waals surface area contributed by atoms with Gasteiger partial charge in [-0.2, -0.15) is 22.0 Å². The van der Waals surface area contributed by atoms with Gasteiger partial charge in [0.05, 0.1) is 12.1 Å². The number of halogens is 5. The molecule has 17 heavy (non-hydrogen) atoms. The summed E-state index contributed by atoms with van der Waals surface area (Å²) in [7, 11) is 0. The molecule has 8 heteroatoms. The van der Waals surface area contributed by atoms with Gasteiger partial charge in [-0.1, -0.05) is 0 Å². The Labute approximate surface area is 92.6 Å². The highest BCUT2D eigenvalue weighted by atomic mass is 19.4. The molecular weight excluding hydrogens is 247 g/mol. The topological polar surface area (TPSA) is 42.0 Å². The molecule has 94 valence electrons. The lowest BCUT2D eigenvalue weighted by atomic mass is 10.2. The predicted octanol–water partition coefficient (Wildman–Crippen LogP) is 2.01. The van der Waals surface area contributed by atoms with E-state index in [9.17, 15) is 26.7 Å². The SMILES string of the molecule is O=C(NCC(F)(F)C(F)(F)F)c1cccnc1. The normalized spacial score (nSPS) is 12.3. The Hall–Kier alpha value is -1.73. The van der Waals surface area contributed by atoms with Gasteiger partial charge in [0.2, 0.25) is 0 Å². The maximum atomic E-state index is 12.5. The van der Waals surface area contributed by atoms with E-state index in [1.54, 1.807) is 0 Å². The van der Waals surface area contributed by atoms with E-state index in [4.69, 9.17) is 0 Å². The van der Waals surface area contributed by atoms with Crippen LogP contribution in [-0.2, 0) is 0 Å². The van der Waals surface area contributed by atoms with Crippen LogP contribution in [0.25, 0.3) is 0 Å². The average molecular weight is 254 g/mol. The maximum absolute atomic E-state index is 12.5. The molecule has 0 saturated heterocycles. The number of alkyl halides is 5. The molecule has 0 aliphatic heterocycles. The van der Waals surface area contributed by atoms with Crippen LogP contribution in [0.5, 0.6) is 0 Å². The fraction of sp³-hybridized carbons (Fsp3) is 0.333. The van der Waals surface area contributed by atoms with Crippen LogP contribution in [0.3, 0.4) is 0 Å². The lowest BCUT2D eigenvalue weighted by molar-refractivity contribution is -0.278. The summed E-state index contributed by atoms with van der Waals surface area (Å²) in [6.45, 7) is -1.80. The van der Waals surface area contributed by atoms with E-state index >= 15 is 0 Å². The molecule has 0 spiro atoms. The van der Waals surface area contributed by atoms with E-state index in [0.717, 1.165) is 6.20 Å². The Kier molecular flexibility index (Phi) is 3.64. The molecule has 0 radical (unpaired) electrons. The molecular formula is C9H7F5N2O. The van der Waals surface area contributed by atoms with Crippen LogP contribution in [0, 0.1) is 0 Å². The van der Waals surface area contributed by atoms with Crippen LogP contribution >= 0.6 is 0 Å². The first-order chi connectivity index (χ1) is 7.74. The van der Waals surface area contributed by atoms with E-state index in [1.165, 1.54) is 23.6 Å². The van der Waals surface area contributed by atoms with Crippen molar-refractivity contribution in [1.29, 1.82) is 0 Å². The number of carbonyl (C=O) groups excluding carboxylic acids is 1. The molecule has 0 unspecified atom stereocenters. The van der Waals surface area contributed by atoms with Crippen molar-refractivity contribution in [3.8, 4) is 0 Å². The molecule has 0 fully saturated rings. The first-order valence-electron chi connectivity index (χ1n) is 4.37. The second kappa shape index (κ2) is 4.64. The second-order valence-electron chi connectivity index (χ2n) is 3.13. The van der Waals surface area contributed by atoms with E-state index in [0.29, 0.717) is 0 Å². The van der Waals surface area contributed by atoms with Crippen molar-refractivity contribution in [2.24, 2.45) is 0 Å².